The summed E-state index contributed by atoms with van der Waals surface area (Å²) in [6.07, 6.45) is 1.54. The van der Waals surface area contributed by atoms with Gasteiger partial charge in [-0.15, -0.1) is 0 Å². The van der Waals surface area contributed by atoms with Crippen molar-refractivity contribution in [2.45, 2.75) is 5.03 Å². The number of thioether (sulfide) groups is 1. The number of ether oxygens (including phenoxy) is 3. The Labute approximate surface area is 164 Å². The second kappa shape index (κ2) is 8.79. The van der Waals surface area contributed by atoms with Gasteiger partial charge in [-0.25, -0.2) is 9.78 Å². The van der Waals surface area contributed by atoms with Gasteiger partial charge in [0.1, 0.15) is 11.6 Å². The largest absolute Gasteiger partial charge is 0.456 e. The second-order valence-electron chi connectivity index (χ2n) is 5.35. The summed E-state index contributed by atoms with van der Waals surface area (Å²) in [5.74, 6) is 0.449. The van der Waals surface area contributed by atoms with Gasteiger partial charge in [0.25, 0.3) is 0 Å². The van der Waals surface area contributed by atoms with Crippen molar-refractivity contribution in [3.8, 4) is 11.5 Å². The molecule has 27 heavy (non-hydrogen) atoms. The maximum absolute atomic E-state index is 12.2. The van der Waals surface area contributed by atoms with Crippen molar-refractivity contribution in [3.63, 3.8) is 0 Å². The molecule has 2 heterocycles. The Balaban J connectivity index is 1.59. The summed E-state index contributed by atoms with van der Waals surface area (Å²) in [4.78, 5) is 28.5. The molecule has 140 valence electrons. The Bertz CT molecular complexity index is 890. The summed E-state index contributed by atoms with van der Waals surface area (Å²) in [7, 11) is 0. The Morgan fingerprint density at radius 1 is 1.30 bits per heavy atom. The zero-order chi connectivity index (χ0) is 19.2. The first-order chi connectivity index (χ1) is 13.0. The number of amides is 1. The first-order valence-corrected chi connectivity index (χ1v) is 9.17. The molecule has 0 fully saturated rings. The first kappa shape index (κ1) is 19.1. The molecule has 1 N–H and O–H groups in total. The molecule has 0 saturated heterocycles. The molecule has 0 bridgehead atoms. The molecule has 1 aliphatic rings. The highest BCUT2D eigenvalue weighted by molar-refractivity contribution is 8.00. The number of carbonyl (C=O) groups excluding carboxylic acids is 2. The molecule has 0 spiro atoms. The van der Waals surface area contributed by atoms with Crippen molar-refractivity contribution in [2.75, 3.05) is 24.5 Å². The predicted molar refractivity (Wildman–Crippen MR) is 101 cm³/mol. The number of benzene rings is 1. The molecule has 1 aromatic carbocycles. The zero-order valence-electron chi connectivity index (χ0n) is 14.1. The minimum atomic E-state index is -0.580. The van der Waals surface area contributed by atoms with E-state index in [4.69, 9.17) is 25.8 Å². The van der Waals surface area contributed by atoms with Gasteiger partial charge in [0.2, 0.25) is 12.7 Å². The van der Waals surface area contributed by atoms with E-state index < -0.39 is 5.97 Å². The van der Waals surface area contributed by atoms with E-state index in [0.717, 1.165) is 11.8 Å². The number of pyridine rings is 1. The van der Waals surface area contributed by atoms with Crippen LogP contribution in [0.1, 0.15) is 10.4 Å². The molecule has 0 unspecified atom stereocenters. The fourth-order valence-corrected chi connectivity index (χ4v) is 3.02. The summed E-state index contributed by atoms with van der Waals surface area (Å²) in [6, 6.07) is 8.32. The van der Waals surface area contributed by atoms with Crippen LogP contribution in [0.5, 0.6) is 11.5 Å². The van der Waals surface area contributed by atoms with Gasteiger partial charge in [-0.05, 0) is 24.3 Å². The van der Waals surface area contributed by atoms with E-state index in [1.807, 2.05) is 0 Å². The van der Waals surface area contributed by atoms with E-state index >= 15 is 0 Å². The normalized spacial score (nSPS) is 11.7. The Morgan fingerprint density at radius 2 is 2.11 bits per heavy atom. The van der Waals surface area contributed by atoms with Crippen molar-refractivity contribution < 1.29 is 23.8 Å². The number of fused-ring (bicyclic) bond motifs is 1. The van der Waals surface area contributed by atoms with Crippen LogP contribution in [0.2, 0.25) is 0 Å². The number of aromatic nitrogens is 1. The quantitative estimate of drug-likeness (QED) is 0.556. The summed E-state index contributed by atoms with van der Waals surface area (Å²) in [5, 5.41) is 3.37. The van der Waals surface area contributed by atoms with E-state index in [-0.39, 0.29) is 35.7 Å². The Hall–Kier alpha value is -2.71. The molecule has 0 atom stereocenters. The minimum absolute atomic E-state index is 0.0634. The van der Waals surface area contributed by atoms with Gasteiger partial charge < -0.3 is 19.5 Å². The number of hydrogen-bond donors (Lipinski definition) is 1. The Kier molecular flexibility index (Phi) is 6.20. The van der Waals surface area contributed by atoms with Gasteiger partial charge in [-0.2, -0.15) is 0 Å². The fraction of sp³-hybridized carbons (Fsp3) is 0.167. The first-order valence-electron chi connectivity index (χ1n) is 7.80. The lowest BCUT2D eigenvalue weighted by atomic mass is 10.3. The SMILES string of the molecule is C=C(Cl)COC(=O)c1cccnc1SCC(=O)Nc1ccc2c(c1)OCO2. The number of carbonyl (C=O) groups is 2. The molecule has 9 heteroatoms. The van der Waals surface area contributed by atoms with Crippen LogP contribution < -0.4 is 14.8 Å². The van der Waals surface area contributed by atoms with Gasteiger partial charge in [0.05, 0.1) is 11.3 Å². The fourth-order valence-electron chi connectivity index (χ4n) is 2.19. The van der Waals surface area contributed by atoms with Crippen molar-refractivity contribution in [3.05, 3.63) is 53.7 Å². The average molecular weight is 407 g/mol. The molecule has 3 rings (SSSR count). The van der Waals surface area contributed by atoms with Crippen molar-refractivity contribution in [2.24, 2.45) is 0 Å². The van der Waals surface area contributed by atoms with E-state index in [2.05, 4.69) is 16.9 Å². The third-order valence-corrected chi connectivity index (χ3v) is 4.46. The van der Waals surface area contributed by atoms with Crippen LogP contribution in [0.4, 0.5) is 5.69 Å². The van der Waals surface area contributed by atoms with E-state index in [1.165, 1.54) is 6.20 Å². The number of nitrogens with one attached hydrogen (secondary N) is 1. The van der Waals surface area contributed by atoms with Crippen LogP contribution in [-0.4, -0.2) is 36.0 Å². The highest BCUT2D eigenvalue weighted by atomic mass is 35.5. The summed E-state index contributed by atoms with van der Waals surface area (Å²) in [6.45, 7) is 3.53. The molecule has 7 nitrogen and oxygen atoms in total. The van der Waals surface area contributed by atoms with E-state index in [9.17, 15) is 9.59 Å². The van der Waals surface area contributed by atoms with E-state index in [1.54, 1.807) is 30.3 Å². The van der Waals surface area contributed by atoms with Crippen LogP contribution in [0.15, 0.2) is 53.2 Å². The van der Waals surface area contributed by atoms with Gasteiger partial charge in [-0.3, -0.25) is 4.79 Å². The maximum atomic E-state index is 12.2. The van der Waals surface area contributed by atoms with Gasteiger partial charge in [0, 0.05) is 23.0 Å². The predicted octanol–water partition coefficient (Wildman–Crippen LogP) is 3.45. The number of anilines is 1. The molecule has 1 aliphatic heterocycles. The van der Waals surface area contributed by atoms with Crippen LogP contribution in [-0.2, 0) is 9.53 Å². The second-order valence-corrected chi connectivity index (χ2v) is 6.85. The lowest BCUT2D eigenvalue weighted by Gasteiger charge is -2.09. The van der Waals surface area contributed by atoms with Crippen molar-refractivity contribution in [1.82, 2.24) is 4.98 Å². The molecule has 2 aromatic rings. The van der Waals surface area contributed by atoms with Crippen LogP contribution in [0.25, 0.3) is 0 Å². The van der Waals surface area contributed by atoms with E-state index in [0.29, 0.717) is 22.2 Å². The van der Waals surface area contributed by atoms with Crippen LogP contribution in [0.3, 0.4) is 0 Å². The highest BCUT2D eigenvalue weighted by Crippen LogP contribution is 2.34. The number of nitrogens with zero attached hydrogens (tertiary/aromatic N) is 1. The third kappa shape index (κ3) is 5.15. The molecule has 1 amide bonds. The summed E-state index contributed by atoms with van der Waals surface area (Å²) < 4.78 is 15.5. The van der Waals surface area contributed by atoms with Crippen molar-refractivity contribution in [1.29, 1.82) is 0 Å². The standard InChI is InChI=1S/C18H15ClN2O5S/c1-11(19)8-24-18(23)13-3-2-6-20-17(13)27-9-16(22)21-12-4-5-14-15(7-12)26-10-25-14/h2-7H,1,8-10H2,(H,21,22). The number of hydrogen-bond acceptors (Lipinski definition) is 7. The molecular weight excluding hydrogens is 392 g/mol. The van der Waals surface area contributed by atoms with Gasteiger partial charge in [0.15, 0.2) is 11.5 Å². The molecule has 0 aliphatic carbocycles. The molecule has 0 radical (unpaired) electrons. The highest BCUT2D eigenvalue weighted by Gasteiger charge is 2.17. The van der Waals surface area contributed by atoms with Crippen LogP contribution >= 0.6 is 23.4 Å². The zero-order valence-corrected chi connectivity index (χ0v) is 15.6. The number of rotatable bonds is 7. The third-order valence-electron chi connectivity index (χ3n) is 3.35. The lowest BCUT2D eigenvalue weighted by molar-refractivity contribution is -0.113. The lowest BCUT2D eigenvalue weighted by Crippen LogP contribution is -2.15. The van der Waals surface area contributed by atoms with Crippen molar-refractivity contribution >= 4 is 40.9 Å². The molecule has 0 saturated carbocycles. The molecular formula is C18H15ClN2O5S. The van der Waals surface area contributed by atoms with Gasteiger partial charge >= 0.3 is 5.97 Å². The smallest absolute Gasteiger partial charge is 0.341 e. The molecule has 1 aromatic heterocycles. The monoisotopic (exact) mass is 406 g/mol. The van der Waals surface area contributed by atoms with Crippen LogP contribution in [0, 0.1) is 0 Å². The summed E-state index contributed by atoms with van der Waals surface area (Å²) >= 11 is 6.73. The maximum Gasteiger partial charge on any atom is 0.341 e. The summed E-state index contributed by atoms with van der Waals surface area (Å²) in [5.41, 5.74) is 0.849. The number of esters is 1. The minimum Gasteiger partial charge on any atom is -0.456 e. The van der Waals surface area contributed by atoms with Gasteiger partial charge in [-0.1, -0.05) is 29.9 Å². The Morgan fingerprint density at radius 3 is 2.93 bits per heavy atom. The number of halogens is 1. The average Bonchev–Trinajstić information content (AvgIpc) is 3.12. The topological polar surface area (TPSA) is 86.8 Å².